The van der Waals surface area contributed by atoms with Crippen LogP contribution in [-0.4, -0.2) is 15.1 Å². The molecule has 0 fully saturated rings. The number of hydrogen-bond acceptors (Lipinski definition) is 5. The second-order valence-corrected chi connectivity index (χ2v) is 6.60. The molecule has 4 nitrogen and oxygen atoms in total. The normalized spacial score (nSPS) is 11.2. The Balaban J connectivity index is 1.59. The summed E-state index contributed by atoms with van der Waals surface area (Å²) in [5.74, 6) is 1.05. The van der Waals surface area contributed by atoms with Gasteiger partial charge in [-0.05, 0) is 24.6 Å². The summed E-state index contributed by atoms with van der Waals surface area (Å²) >= 11 is 1.64. The molecule has 122 valence electrons. The molecular formula is C20H15N3OS. The Kier molecular flexibility index (Phi) is 4.23. The van der Waals surface area contributed by atoms with Crippen molar-refractivity contribution in [2.24, 2.45) is 0 Å². The molecule has 0 aliphatic carbocycles. The zero-order chi connectivity index (χ0) is 17.1. The fourth-order valence-electron chi connectivity index (χ4n) is 2.47. The minimum atomic E-state index is 0.480. The molecule has 5 heteroatoms. The zero-order valence-electron chi connectivity index (χ0n) is 13.6. The molecule has 4 rings (SSSR count). The maximum Gasteiger partial charge on any atom is 0.250 e. The zero-order valence-corrected chi connectivity index (χ0v) is 14.4. The van der Waals surface area contributed by atoms with Gasteiger partial charge in [-0.15, -0.1) is 11.3 Å². The van der Waals surface area contributed by atoms with Crippen molar-refractivity contribution in [2.45, 2.75) is 6.92 Å². The topological polar surface area (TPSA) is 51.8 Å². The van der Waals surface area contributed by atoms with Gasteiger partial charge >= 0.3 is 0 Å². The summed E-state index contributed by atoms with van der Waals surface area (Å²) in [4.78, 5) is 8.98. The summed E-state index contributed by atoms with van der Waals surface area (Å²) in [6.45, 7) is 2.00. The van der Waals surface area contributed by atoms with Crippen LogP contribution >= 0.6 is 11.3 Å². The van der Waals surface area contributed by atoms with Gasteiger partial charge in [0.1, 0.15) is 0 Å². The summed E-state index contributed by atoms with van der Waals surface area (Å²) < 4.78 is 5.33. The van der Waals surface area contributed by atoms with Crippen LogP contribution in [0.3, 0.4) is 0 Å². The molecule has 0 atom stereocenters. The molecule has 2 aromatic carbocycles. The van der Waals surface area contributed by atoms with Crippen LogP contribution in [0.4, 0.5) is 0 Å². The monoisotopic (exact) mass is 345 g/mol. The standard InChI is InChI=1S/C20H15N3OS/c1-14-21-18(13-25-14)16-8-5-9-17(12-16)20-22-19(24-23-20)11-10-15-6-3-2-4-7-15/h2-13H,1H3. The predicted octanol–water partition coefficient (Wildman–Crippen LogP) is 5.34. The van der Waals surface area contributed by atoms with Crippen molar-refractivity contribution in [2.75, 3.05) is 0 Å². The van der Waals surface area contributed by atoms with E-state index < -0.39 is 0 Å². The third-order valence-electron chi connectivity index (χ3n) is 3.70. The van der Waals surface area contributed by atoms with Crippen molar-refractivity contribution >= 4 is 23.5 Å². The second-order valence-electron chi connectivity index (χ2n) is 5.53. The molecule has 0 spiro atoms. The Morgan fingerprint density at radius 2 is 1.76 bits per heavy atom. The van der Waals surface area contributed by atoms with E-state index in [2.05, 4.69) is 20.5 Å². The first kappa shape index (κ1) is 15.5. The van der Waals surface area contributed by atoms with Gasteiger partial charge in [-0.25, -0.2) is 4.98 Å². The van der Waals surface area contributed by atoms with Crippen LogP contribution in [0.2, 0.25) is 0 Å². The van der Waals surface area contributed by atoms with Crippen LogP contribution < -0.4 is 0 Å². The third-order valence-corrected chi connectivity index (χ3v) is 4.47. The van der Waals surface area contributed by atoms with Crippen molar-refractivity contribution in [3.8, 4) is 22.6 Å². The summed E-state index contributed by atoms with van der Waals surface area (Å²) in [6.07, 6.45) is 3.77. The highest BCUT2D eigenvalue weighted by Crippen LogP contribution is 2.26. The molecule has 0 unspecified atom stereocenters. The Morgan fingerprint density at radius 3 is 2.56 bits per heavy atom. The number of benzene rings is 2. The summed E-state index contributed by atoms with van der Waals surface area (Å²) in [5.41, 5.74) is 4.01. The van der Waals surface area contributed by atoms with Crippen LogP contribution in [0.15, 0.2) is 64.5 Å². The summed E-state index contributed by atoms with van der Waals surface area (Å²) in [5, 5.41) is 7.19. The molecule has 0 radical (unpaired) electrons. The number of aromatic nitrogens is 3. The molecule has 2 aromatic heterocycles. The Hall–Kier alpha value is -3.05. The van der Waals surface area contributed by atoms with Gasteiger partial charge in [0.2, 0.25) is 5.82 Å². The fraction of sp³-hybridized carbons (Fsp3) is 0.0500. The van der Waals surface area contributed by atoms with E-state index in [-0.39, 0.29) is 0 Å². The minimum Gasteiger partial charge on any atom is -0.334 e. The minimum absolute atomic E-state index is 0.480. The van der Waals surface area contributed by atoms with E-state index in [4.69, 9.17) is 4.52 Å². The van der Waals surface area contributed by atoms with Crippen LogP contribution in [-0.2, 0) is 0 Å². The van der Waals surface area contributed by atoms with E-state index in [0.29, 0.717) is 11.7 Å². The van der Waals surface area contributed by atoms with Gasteiger partial charge in [0.25, 0.3) is 5.89 Å². The molecule has 0 saturated heterocycles. The summed E-state index contributed by atoms with van der Waals surface area (Å²) in [7, 11) is 0. The van der Waals surface area contributed by atoms with Crippen LogP contribution in [0.25, 0.3) is 34.8 Å². The van der Waals surface area contributed by atoms with Crippen LogP contribution in [0.1, 0.15) is 16.5 Å². The van der Waals surface area contributed by atoms with E-state index in [1.54, 1.807) is 11.3 Å². The average molecular weight is 345 g/mol. The van der Waals surface area contributed by atoms with Crippen molar-refractivity contribution in [1.82, 2.24) is 15.1 Å². The number of nitrogens with zero attached hydrogens (tertiary/aromatic N) is 3. The summed E-state index contributed by atoms with van der Waals surface area (Å²) in [6, 6.07) is 18.0. The lowest BCUT2D eigenvalue weighted by molar-refractivity contribution is 0.411. The predicted molar refractivity (Wildman–Crippen MR) is 101 cm³/mol. The quantitative estimate of drug-likeness (QED) is 0.501. The lowest BCUT2D eigenvalue weighted by atomic mass is 10.1. The van der Waals surface area contributed by atoms with Crippen LogP contribution in [0.5, 0.6) is 0 Å². The number of thiazole rings is 1. The molecular weight excluding hydrogens is 330 g/mol. The lowest BCUT2D eigenvalue weighted by Gasteiger charge is -1.99. The van der Waals surface area contributed by atoms with Gasteiger partial charge in [0.15, 0.2) is 0 Å². The third kappa shape index (κ3) is 3.56. The number of hydrogen-bond donors (Lipinski definition) is 0. The van der Waals surface area contributed by atoms with E-state index in [9.17, 15) is 0 Å². The molecule has 0 saturated carbocycles. The molecule has 0 bridgehead atoms. The first-order valence-corrected chi connectivity index (χ1v) is 8.76. The maximum atomic E-state index is 5.33. The highest BCUT2D eigenvalue weighted by molar-refractivity contribution is 7.09. The molecule has 0 N–H and O–H groups in total. The maximum absolute atomic E-state index is 5.33. The van der Waals surface area contributed by atoms with E-state index in [1.807, 2.05) is 73.7 Å². The smallest absolute Gasteiger partial charge is 0.250 e. The Morgan fingerprint density at radius 1 is 0.920 bits per heavy atom. The van der Waals surface area contributed by atoms with Gasteiger partial charge < -0.3 is 4.52 Å². The van der Waals surface area contributed by atoms with Gasteiger partial charge in [-0.1, -0.05) is 53.7 Å². The first-order chi connectivity index (χ1) is 12.3. The number of aryl methyl sites for hydroxylation is 1. The molecule has 25 heavy (non-hydrogen) atoms. The molecule has 4 aromatic rings. The van der Waals surface area contributed by atoms with E-state index >= 15 is 0 Å². The van der Waals surface area contributed by atoms with Crippen molar-refractivity contribution in [1.29, 1.82) is 0 Å². The molecule has 0 aliphatic heterocycles. The van der Waals surface area contributed by atoms with Crippen molar-refractivity contribution < 1.29 is 4.52 Å². The number of rotatable bonds is 4. The van der Waals surface area contributed by atoms with Gasteiger partial charge in [-0.3, -0.25) is 0 Å². The molecule has 2 heterocycles. The molecule has 0 amide bonds. The average Bonchev–Trinajstić information content (AvgIpc) is 3.30. The van der Waals surface area contributed by atoms with Gasteiger partial charge in [0, 0.05) is 22.6 Å². The Labute approximate surface area is 149 Å². The second kappa shape index (κ2) is 6.83. The van der Waals surface area contributed by atoms with E-state index in [0.717, 1.165) is 27.4 Å². The Bertz CT molecular complexity index is 1020. The van der Waals surface area contributed by atoms with E-state index in [1.165, 1.54) is 0 Å². The molecule has 0 aliphatic rings. The van der Waals surface area contributed by atoms with Crippen molar-refractivity contribution in [3.05, 3.63) is 76.4 Å². The highest BCUT2D eigenvalue weighted by atomic mass is 32.1. The highest BCUT2D eigenvalue weighted by Gasteiger charge is 2.09. The van der Waals surface area contributed by atoms with Crippen LogP contribution in [0, 0.1) is 6.92 Å². The fourth-order valence-corrected chi connectivity index (χ4v) is 3.09. The lowest BCUT2D eigenvalue weighted by Crippen LogP contribution is -1.83. The SMILES string of the molecule is Cc1nc(-c2cccc(-c3noc(C=Cc4ccccc4)n3)c2)cs1. The van der Waals surface area contributed by atoms with Crippen molar-refractivity contribution in [3.63, 3.8) is 0 Å². The van der Waals surface area contributed by atoms with Gasteiger partial charge in [0.05, 0.1) is 10.7 Å². The van der Waals surface area contributed by atoms with Gasteiger partial charge in [-0.2, -0.15) is 4.98 Å². The largest absolute Gasteiger partial charge is 0.334 e. The first-order valence-electron chi connectivity index (χ1n) is 7.88.